The lowest BCUT2D eigenvalue weighted by Gasteiger charge is -2.11. The van der Waals surface area contributed by atoms with Crippen LogP contribution in [0.4, 0.5) is 0 Å². The Hall–Kier alpha value is -3.12. The van der Waals surface area contributed by atoms with E-state index in [-0.39, 0.29) is 5.92 Å². The Morgan fingerprint density at radius 2 is 1.74 bits per heavy atom. The van der Waals surface area contributed by atoms with E-state index in [1.807, 2.05) is 34.8 Å². The van der Waals surface area contributed by atoms with Crippen molar-refractivity contribution in [1.82, 2.24) is 24.8 Å². The Morgan fingerprint density at radius 1 is 0.926 bits per heavy atom. The first-order chi connectivity index (χ1) is 13.3. The predicted octanol–water partition coefficient (Wildman–Crippen LogP) is 4.94. The molecule has 0 aliphatic rings. The highest BCUT2D eigenvalue weighted by Gasteiger charge is 2.20. The Kier molecular flexibility index (Phi) is 3.90. The highest BCUT2D eigenvalue weighted by atomic mass is 32.1. The SMILES string of the molecule is CCC(c1ccccc1)c1nn2c(-c3ccc4ccccc4n3)nnc2s1. The van der Waals surface area contributed by atoms with Gasteiger partial charge in [0.1, 0.15) is 10.7 Å². The first-order valence-electron chi connectivity index (χ1n) is 8.96. The van der Waals surface area contributed by atoms with Crippen molar-refractivity contribution < 1.29 is 0 Å². The average Bonchev–Trinajstić information content (AvgIpc) is 3.30. The van der Waals surface area contributed by atoms with Crippen LogP contribution in [0.2, 0.25) is 0 Å². The lowest BCUT2D eigenvalue weighted by molar-refractivity contribution is 0.743. The zero-order chi connectivity index (χ0) is 18.2. The molecule has 0 spiro atoms. The quantitative estimate of drug-likeness (QED) is 0.449. The van der Waals surface area contributed by atoms with E-state index in [4.69, 9.17) is 10.1 Å². The highest BCUT2D eigenvalue weighted by molar-refractivity contribution is 7.16. The second-order valence-corrected chi connectivity index (χ2v) is 7.41. The number of benzene rings is 2. The van der Waals surface area contributed by atoms with Gasteiger partial charge in [-0.1, -0.05) is 72.9 Å². The molecule has 27 heavy (non-hydrogen) atoms. The number of hydrogen-bond acceptors (Lipinski definition) is 5. The Bertz CT molecular complexity index is 1230. The van der Waals surface area contributed by atoms with Gasteiger partial charge in [-0.15, -0.1) is 10.2 Å². The summed E-state index contributed by atoms with van der Waals surface area (Å²) in [6, 6.07) is 22.6. The molecule has 3 heterocycles. The van der Waals surface area contributed by atoms with Crippen LogP contribution in [0.3, 0.4) is 0 Å². The van der Waals surface area contributed by atoms with Gasteiger partial charge in [-0.3, -0.25) is 0 Å². The molecule has 0 N–H and O–H groups in total. The molecule has 0 aliphatic carbocycles. The minimum Gasteiger partial charge on any atom is -0.244 e. The molecule has 2 aromatic carbocycles. The molecular weight excluding hydrogens is 354 g/mol. The second kappa shape index (κ2) is 6.55. The van der Waals surface area contributed by atoms with E-state index in [2.05, 4.69) is 53.5 Å². The molecule has 5 rings (SSSR count). The normalized spacial score (nSPS) is 12.6. The minimum absolute atomic E-state index is 0.260. The Balaban J connectivity index is 1.60. The summed E-state index contributed by atoms with van der Waals surface area (Å²) in [5.41, 5.74) is 3.00. The van der Waals surface area contributed by atoms with Crippen molar-refractivity contribution in [2.75, 3.05) is 0 Å². The van der Waals surface area contributed by atoms with Crippen LogP contribution in [0.15, 0.2) is 66.7 Å². The van der Waals surface area contributed by atoms with E-state index in [1.165, 1.54) is 5.56 Å². The van der Waals surface area contributed by atoms with Gasteiger partial charge < -0.3 is 0 Å². The smallest absolute Gasteiger partial charge is 0.235 e. The number of nitrogens with zero attached hydrogens (tertiary/aromatic N) is 5. The largest absolute Gasteiger partial charge is 0.244 e. The van der Waals surface area contributed by atoms with Gasteiger partial charge >= 0.3 is 0 Å². The van der Waals surface area contributed by atoms with Crippen molar-refractivity contribution in [3.63, 3.8) is 0 Å². The number of rotatable bonds is 4. The molecule has 0 amide bonds. The fourth-order valence-corrected chi connectivity index (χ4v) is 4.41. The van der Waals surface area contributed by atoms with E-state index >= 15 is 0 Å². The highest BCUT2D eigenvalue weighted by Crippen LogP contribution is 2.32. The third-order valence-corrected chi connectivity index (χ3v) is 5.75. The first-order valence-corrected chi connectivity index (χ1v) is 9.78. The summed E-state index contributed by atoms with van der Waals surface area (Å²) >= 11 is 1.59. The molecule has 132 valence electrons. The Morgan fingerprint density at radius 3 is 2.59 bits per heavy atom. The van der Waals surface area contributed by atoms with Gasteiger partial charge in [-0.25, -0.2) is 4.98 Å². The molecule has 1 atom stereocenters. The molecule has 5 nitrogen and oxygen atoms in total. The van der Waals surface area contributed by atoms with E-state index in [0.717, 1.165) is 33.0 Å². The third-order valence-electron chi connectivity index (χ3n) is 4.74. The van der Waals surface area contributed by atoms with Crippen LogP contribution in [-0.4, -0.2) is 24.8 Å². The van der Waals surface area contributed by atoms with Crippen LogP contribution >= 0.6 is 11.3 Å². The van der Waals surface area contributed by atoms with Crippen molar-refractivity contribution in [3.8, 4) is 11.5 Å². The van der Waals surface area contributed by atoms with Gasteiger partial charge in [0.2, 0.25) is 10.8 Å². The molecule has 3 aromatic heterocycles. The number of hydrogen-bond donors (Lipinski definition) is 0. The lowest BCUT2D eigenvalue weighted by atomic mass is 9.97. The zero-order valence-corrected chi connectivity index (χ0v) is 15.6. The number of aromatic nitrogens is 5. The lowest BCUT2D eigenvalue weighted by Crippen LogP contribution is -2.01. The standard InChI is InChI=1S/C21H17N5S/c1-2-16(14-8-4-3-5-9-14)20-25-26-19(23-24-21(26)27-20)18-13-12-15-10-6-7-11-17(15)22-18/h3-13,16H,2H2,1H3. The molecule has 0 radical (unpaired) electrons. The molecule has 0 aliphatic heterocycles. The van der Waals surface area contributed by atoms with Gasteiger partial charge in [0.25, 0.3) is 0 Å². The van der Waals surface area contributed by atoms with E-state index in [0.29, 0.717) is 5.82 Å². The second-order valence-electron chi connectivity index (χ2n) is 6.42. The summed E-state index contributed by atoms with van der Waals surface area (Å²) in [5, 5.41) is 15.7. The van der Waals surface area contributed by atoms with Gasteiger partial charge in [0, 0.05) is 11.3 Å². The maximum Gasteiger partial charge on any atom is 0.235 e. The third kappa shape index (κ3) is 2.78. The van der Waals surface area contributed by atoms with Crippen molar-refractivity contribution in [3.05, 3.63) is 77.3 Å². The summed E-state index contributed by atoms with van der Waals surface area (Å²) in [6.45, 7) is 2.19. The van der Waals surface area contributed by atoms with E-state index in [9.17, 15) is 0 Å². The molecular formula is C21H17N5S. The van der Waals surface area contributed by atoms with Gasteiger partial charge in [0.05, 0.1) is 5.52 Å². The molecule has 0 saturated heterocycles. The van der Waals surface area contributed by atoms with Crippen molar-refractivity contribution in [2.45, 2.75) is 19.3 Å². The fraction of sp³-hybridized carbons (Fsp3) is 0.143. The fourth-order valence-electron chi connectivity index (χ4n) is 3.36. The monoisotopic (exact) mass is 371 g/mol. The number of pyridine rings is 1. The van der Waals surface area contributed by atoms with Crippen LogP contribution in [0.25, 0.3) is 27.4 Å². The maximum absolute atomic E-state index is 4.85. The van der Waals surface area contributed by atoms with Gasteiger partial charge in [-0.2, -0.15) is 9.61 Å². The maximum atomic E-state index is 4.85. The number of para-hydroxylation sites is 1. The summed E-state index contributed by atoms with van der Waals surface area (Å²) in [5.74, 6) is 0.941. The molecule has 5 aromatic rings. The van der Waals surface area contributed by atoms with Crippen LogP contribution in [0.5, 0.6) is 0 Å². The van der Waals surface area contributed by atoms with Crippen molar-refractivity contribution in [1.29, 1.82) is 0 Å². The van der Waals surface area contributed by atoms with E-state index in [1.54, 1.807) is 11.3 Å². The molecule has 0 bridgehead atoms. The average molecular weight is 371 g/mol. The molecule has 0 fully saturated rings. The topological polar surface area (TPSA) is 56.0 Å². The van der Waals surface area contributed by atoms with Crippen molar-refractivity contribution in [2.24, 2.45) is 0 Å². The predicted molar refractivity (Wildman–Crippen MR) is 108 cm³/mol. The van der Waals surface area contributed by atoms with Crippen molar-refractivity contribution >= 4 is 27.2 Å². The minimum atomic E-state index is 0.260. The summed E-state index contributed by atoms with van der Waals surface area (Å²) in [4.78, 5) is 5.54. The molecule has 1 unspecified atom stereocenters. The van der Waals surface area contributed by atoms with Crippen LogP contribution in [0, 0.1) is 0 Å². The van der Waals surface area contributed by atoms with Crippen LogP contribution in [-0.2, 0) is 0 Å². The van der Waals surface area contributed by atoms with Gasteiger partial charge in [-0.05, 0) is 24.1 Å². The van der Waals surface area contributed by atoms with Crippen LogP contribution in [0.1, 0.15) is 29.8 Å². The van der Waals surface area contributed by atoms with E-state index < -0.39 is 0 Å². The Labute approximate surface area is 160 Å². The van der Waals surface area contributed by atoms with Crippen LogP contribution < -0.4 is 0 Å². The summed E-state index contributed by atoms with van der Waals surface area (Å²) < 4.78 is 1.82. The summed E-state index contributed by atoms with van der Waals surface area (Å²) in [6.07, 6.45) is 0.984. The summed E-state index contributed by atoms with van der Waals surface area (Å²) in [7, 11) is 0. The first kappa shape index (κ1) is 16.1. The molecule has 0 saturated carbocycles. The number of fused-ring (bicyclic) bond motifs is 2. The van der Waals surface area contributed by atoms with Gasteiger partial charge in [0.15, 0.2) is 0 Å². The zero-order valence-electron chi connectivity index (χ0n) is 14.8. The molecule has 6 heteroatoms.